The molecular formula is C11H13NO3S. The number of fused-ring (bicyclic) bond motifs is 2. The van der Waals surface area contributed by atoms with Gasteiger partial charge in [0.05, 0.1) is 29.3 Å². The van der Waals surface area contributed by atoms with Gasteiger partial charge in [0, 0.05) is 11.3 Å². The zero-order valence-corrected chi connectivity index (χ0v) is 9.57. The summed E-state index contributed by atoms with van der Waals surface area (Å²) in [7, 11) is 0. The zero-order chi connectivity index (χ0) is 11.1. The van der Waals surface area contributed by atoms with E-state index in [9.17, 15) is 4.79 Å². The molecule has 3 atom stereocenters. The molecule has 0 saturated carbocycles. The highest BCUT2D eigenvalue weighted by atomic mass is 32.1. The number of rotatable bonds is 3. The van der Waals surface area contributed by atoms with Crippen molar-refractivity contribution in [1.29, 1.82) is 0 Å². The van der Waals surface area contributed by atoms with Crippen LogP contribution in [0.5, 0.6) is 0 Å². The summed E-state index contributed by atoms with van der Waals surface area (Å²) in [5, 5.41) is 11.6. The van der Waals surface area contributed by atoms with Gasteiger partial charge in [-0.25, -0.2) is 4.98 Å². The number of thiazole rings is 1. The van der Waals surface area contributed by atoms with Gasteiger partial charge in [-0.2, -0.15) is 0 Å². The monoisotopic (exact) mass is 239 g/mol. The van der Waals surface area contributed by atoms with Crippen LogP contribution in [0.15, 0.2) is 5.38 Å². The predicted molar refractivity (Wildman–Crippen MR) is 58.7 cm³/mol. The number of aromatic nitrogens is 1. The van der Waals surface area contributed by atoms with Crippen LogP contribution in [-0.4, -0.2) is 28.3 Å². The van der Waals surface area contributed by atoms with E-state index in [0.717, 1.165) is 17.8 Å². The summed E-state index contributed by atoms with van der Waals surface area (Å²) in [5.74, 6) is -0.410. The minimum atomic E-state index is -0.818. The summed E-state index contributed by atoms with van der Waals surface area (Å²) in [6, 6.07) is 0. The lowest BCUT2D eigenvalue weighted by Crippen LogP contribution is -2.14. The maximum absolute atomic E-state index is 10.6. The zero-order valence-electron chi connectivity index (χ0n) is 8.76. The Morgan fingerprint density at radius 3 is 3.12 bits per heavy atom. The Bertz CT molecular complexity index is 417. The molecule has 2 saturated heterocycles. The van der Waals surface area contributed by atoms with Gasteiger partial charge >= 0.3 is 5.97 Å². The highest BCUT2D eigenvalue weighted by Gasteiger charge is 2.42. The van der Waals surface area contributed by atoms with Crippen molar-refractivity contribution < 1.29 is 14.6 Å². The Hall–Kier alpha value is -0.940. The maximum atomic E-state index is 10.6. The van der Waals surface area contributed by atoms with Gasteiger partial charge in [0.25, 0.3) is 0 Å². The normalized spacial score (nSPS) is 32.1. The van der Waals surface area contributed by atoms with Crippen LogP contribution in [0.4, 0.5) is 0 Å². The largest absolute Gasteiger partial charge is 0.481 e. The number of ether oxygens (including phenoxy) is 1. The molecule has 3 rings (SSSR count). The lowest BCUT2D eigenvalue weighted by atomic mass is 9.90. The van der Waals surface area contributed by atoms with Gasteiger partial charge in [0.2, 0.25) is 0 Å². The van der Waals surface area contributed by atoms with Crippen LogP contribution in [0.1, 0.15) is 35.9 Å². The fourth-order valence-corrected chi connectivity index (χ4v) is 3.61. The van der Waals surface area contributed by atoms with Crippen LogP contribution in [0.25, 0.3) is 0 Å². The number of aliphatic carboxylic acids is 1. The topological polar surface area (TPSA) is 59.4 Å². The fraction of sp³-hybridized carbons (Fsp3) is 0.636. The van der Waals surface area contributed by atoms with E-state index in [1.807, 2.05) is 5.38 Å². The van der Waals surface area contributed by atoms with Crippen molar-refractivity contribution in [2.75, 3.05) is 0 Å². The first-order chi connectivity index (χ1) is 7.72. The van der Waals surface area contributed by atoms with Crippen molar-refractivity contribution in [3.63, 3.8) is 0 Å². The van der Waals surface area contributed by atoms with Gasteiger partial charge < -0.3 is 9.84 Å². The minimum absolute atomic E-state index is 0.0260. The van der Waals surface area contributed by atoms with Gasteiger partial charge in [-0.1, -0.05) is 0 Å². The molecule has 1 aromatic rings. The highest BCUT2D eigenvalue weighted by molar-refractivity contribution is 7.09. The highest BCUT2D eigenvalue weighted by Crippen LogP contribution is 2.45. The molecule has 1 aromatic heterocycles. The maximum Gasteiger partial charge on any atom is 0.309 e. The van der Waals surface area contributed by atoms with Crippen molar-refractivity contribution in [1.82, 2.24) is 4.98 Å². The molecule has 3 heterocycles. The van der Waals surface area contributed by atoms with Crippen LogP contribution in [0.2, 0.25) is 0 Å². The summed E-state index contributed by atoms with van der Waals surface area (Å²) < 4.78 is 5.78. The van der Waals surface area contributed by atoms with E-state index in [4.69, 9.17) is 9.84 Å². The summed E-state index contributed by atoms with van der Waals surface area (Å²) >= 11 is 1.57. The SMILES string of the molecule is O=C(O)Cc1csc(C2CC3CCC2O3)n1. The lowest BCUT2D eigenvalue weighted by Gasteiger charge is -2.15. The summed E-state index contributed by atoms with van der Waals surface area (Å²) in [4.78, 5) is 15.0. The Labute approximate surface area is 97.3 Å². The molecule has 0 aromatic carbocycles. The fourth-order valence-electron chi connectivity index (χ4n) is 2.63. The van der Waals surface area contributed by atoms with Crippen LogP contribution >= 0.6 is 11.3 Å². The first kappa shape index (κ1) is 10.2. The van der Waals surface area contributed by atoms with E-state index in [1.54, 1.807) is 11.3 Å². The average Bonchev–Trinajstić information content (AvgIpc) is 2.89. The molecule has 2 bridgehead atoms. The summed E-state index contributed by atoms with van der Waals surface area (Å²) in [6.45, 7) is 0. The molecular weight excluding hydrogens is 226 g/mol. The van der Waals surface area contributed by atoms with E-state index in [1.165, 1.54) is 6.42 Å². The molecule has 86 valence electrons. The molecule has 16 heavy (non-hydrogen) atoms. The number of carboxylic acid groups (broad SMARTS) is 1. The minimum Gasteiger partial charge on any atom is -0.481 e. The van der Waals surface area contributed by atoms with E-state index in [0.29, 0.717) is 23.8 Å². The van der Waals surface area contributed by atoms with E-state index in [2.05, 4.69) is 4.98 Å². The quantitative estimate of drug-likeness (QED) is 0.873. The molecule has 2 fully saturated rings. The van der Waals surface area contributed by atoms with Gasteiger partial charge in [-0.05, 0) is 19.3 Å². The molecule has 0 amide bonds. The molecule has 3 unspecified atom stereocenters. The van der Waals surface area contributed by atoms with E-state index < -0.39 is 5.97 Å². The third kappa shape index (κ3) is 1.74. The first-order valence-electron chi connectivity index (χ1n) is 5.54. The smallest absolute Gasteiger partial charge is 0.309 e. The van der Waals surface area contributed by atoms with Crippen LogP contribution < -0.4 is 0 Å². The second-order valence-electron chi connectivity index (χ2n) is 4.46. The molecule has 1 N–H and O–H groups in total. The summed E-state index contributed by atoms with van der Waals surface area (Å²) in [6.07, 6.45) is 4.14. The third-order valence-electron chi connectivity index (χ3n) is 3.33. The molecule has 0 aliphatic carbocycles. The van der Waals surface area contributed by atoms with Crippen molar-refractivity contribution in [3.05, 3.63) is 16.1 Å². The van der Waals surface area contributed by atoms with Crippen molar-refractivity contribution in [2.24, 2.45) is 0 Å². The Morgan fingerprint density at radius 1 is 1.62 bits per heavy atom. The molecule has 2 aliphatic rings. The van der Waals surface area contributed by atoms with Crippen LogP contribution in [0, 0.1) is 0 Å². The summed E-state index contributed by atoms with van der Waals surface area (Å²) in [5.41, 5.74) is 0.676. The predicted octanol–water partition coefficient (Wildman–Crippen LogP) is 1.81. The van der Waals surface area contributed by atoms with E-state index >= 15 is 0 Å². The number of carbonyl (C=O) groups is 1. The van der Waals surface area contributed by atoms with Crippen molar-refractivity contribution >= 4 is 17.3 Å². The van der Waals surface area contributed by atoms with Crippen LogP contribution in [0.3, 0.4) is 0 Å². The average molecular weight is 239 g/mol. The van der Waals surface area contributed by atoms with Gasteiger partial charge in [0.1, 0.15) is 0 Å². The number of hydrogen-bond donors (Lipinski definition) is 1. The molecule has 0 radical (unpaired) electrons. The van der Waals surface area contributed by atoms with Gasteiger partial charge in [0.15, 0.2) is 0 Å². The number of hydrogen-bond acceptors (Lipinski definition) is 4. The molecule has 2 aliphatic heterocycles. The van der Waals surface area contributed by atoms with Gasteiger partial charge in [-0.3, -0.25) is 4.79 Å². The standard InChI is InChI=1S/C11H13NO3S/c13-10(14)3-6-5-16-11(12-6)8-4-7-1-2-9(8)15-7/h5,7-9H,1-4H2,(H,13,14). The van der Waals surface area contributed by atoms with Crippen molar-refractivity contribution in [3.8, 4) is 0 Å². The molecule has 0 spiro atoms. The second kappa shape index (κ2) is 3.82. The van der Waals surface area contributed by atoms with Gasteiger partial charge in [-0.15, -0.1) is 11.3 Å². The molecule has 4 nitrogen and oxygen atoms in total. The molecule has 5 heteroatoms. The number of nitrogens with zero attached hydrogens (tertiary/aromatic N) is 1. The number of carboxylic acids is 1. The Balaban J connectivity index is 1.75. The van der Waals surface area contributed by atoms with E-state index in [-0.39, 0.29) is 6.42 Å². The Kier molecular flexibility index (Phi) is 2.44. The Morgan fingerprint density at radius 2 is 2.50 bits per heavy atom. The first-order valence-corrected chi connectivity index (χ1v) is 6.42. The van der Waals surface area contributed by atoms with Crippen LogP contribution in [-0.2, 0) is 16.0 Å². The third-order valence-corrected chi connectivity index (χ3v) is 4.35. The second-order valence-corrected chi connectivity index (χ2v) is 5.35. The van der Waals surface area contributed by atoms with Crippen molar-refractivity contribution in [2.45, 2.75) is 43.8 Å². The lowest BCUT2D eigenvalue weighted by molar-refractivity contribution is -0.136.